The Kier molecular flexibility index (Phi) is 4.45. The first-order chi connectivity index (χ1) is 8.97. The normalized spacial score (nSPS) is 10.8. The number of nitrogens with zero attached hydrogens (tertiary/aromatic N) is 1. The zero-order valence-electron chi connectivity index (χ0n) is 10.3. The second-order valence-corrected chi connectivity index (χ2v) is 6.43. The molecule has 19 heavy (non-hydrogen) atoms. The van der Waals surface area contributed by atoms with Crippen molar-refractivity contribution in [1.82, 2.24) is 4.98 Å². The van der Waals surface area contributed by atoms with Crippen molar-refractivity contribution in [3.8, 4) is 5.75 Å². The van der Waals surface area contributed by atoms with Crippen molar-refractivity contribution in [2.45, 2.75) is 20.0 Å². The Hall–Kier alpha value is -1.10. The van der Waals surface area contributed by atoms with Gasteiger partial charge in [-0.1, -0.05) is 23.2 Å². The highest BCUT2D eigenvalue weighted by Crippen LogP contribution is 2.32. The van der Waals surface area contributed by atoms with Gasteiger partial charge in [0.25, 0.3) is 0 Å². The van der Waals surface area contributed by atoms with Crippen LogP contribution in [0.3, 0.4) is 0 Å². The molecule has 0 N–H and O–H groups in total. The monoisotopic (exact) mass is 315 g/mol. The quantitative estimate of drug-likeness (QED) is 0.781. The topological polar surface area (TPSA) is 39.2 Å². The van der Waals surface area contributed by atoms with Crippen molar-refractivity contribution in [3.05, 3.63) is 44.3 Å². The molecule has 0 aliphatic rings. The van der Waals surface area contributed by atoms with Crippen LogP contribution in [0.2, 0.25) is 8.67 Å². The Morgan fingerprint density at radius 1 is 1.32 bits per heavy atom. The van der Waals surface area contributed by atoms with Crippen LogP contribution in [0.1, 0.15) is 29.8 Å². The van der Waals surface area contributed by atoms with E-state index in [1.165, 1.54) is 17.5 Å². The summed E-state index contributed by atoms with van der Waals surface area (Å²) in [5.74, 6) is 0.341. The van der Waals surface area contributed by atoms with Crippen LogP contribution in [0.15, 0.2) is 24.5 Å². The Balaban J connectivity index is 2.31. The molecule has 0 fully saturated rings. The van der Waals surface area contributed by atoms with Crippen LogP contribution < -0.4 is 4.74 Å². The molecule has 0 unspecified atom stereocenters. The molecule has 0 atom stereocenters. The molecule has 6 heteroatoms. The van der Waals surface area contributed by atoms with E-state index in [0.29, 0.717) is 25.5 Å². The summed E-state index contributed by atoms with van der Waals surface area (Å²) in [6, 6.07) is 3.21. The molecule has 2 aromatic rings. The molecule has 0 aromatic carbocycles. The third-order valence-electron chi connectivity index (χ3n) is 2.25. The summed E-state index contributed by atoms with van der Waals surface area (Å²) in [6.07, 6.45) is 3.07. The number of rotatable bonds is 4. The summed E-state index contributed by atoms with van der Waals surface area (Å²) in [6.45, 7) is 3.81. The lowest BCUT2D eigenvalue weighted by Gasteiger charge is -2.09. The average Bonchev–Trinajstić information content (AvgIpc) is 2.67. The van der Waals surface area contributed by atoms with Crippen molar-refractivity contribution < 1.29 is 9.53 Å². The lowest BCUT2D eigenvalue weighted by atomic mass is 10.1. The minimum absolute atomic E-state index is 0.0198. The van der Waals surface area contributed by atoms with Crippen molar-refractivity contribution in [2.24, 2.45) is 0 Å². The van der Waals surface area contributed by atoms with Crippen molar-refractivity contribution in [3.63, 3.8) is 0 Å². The lowest BCUT2D eigenvalue weighted by Crippen LogP contribution is -2.07. The number of thiophene rings is 1. The number of halogens is 2. The molecule has 0 aliphatic carbocycles. The highest BCUT2D eigenvalue weighted by atomic mass is 35.5. The summed E-state index contributed by atoms with van der Waals surface area (Å²) in [4.78, 5) is 16.3. The zero-order chi connectivity index (χ0) is 14.0. The van der Waals surface area contributed by atoms with Gasteiger partial charge in [-0.15, -0.1) is 11.3 Å². The third-order valence-corrected chi connectivity index (χ3v) is 3.74. The molecular formula is C13H11Cl2NO2S. The largest absolute Gasteiger partial charge is 0.489 e. The number of carbonyl (C=O) groups excluding carboxylic acids is 1. The SMILES string of the molecule is CC(C)Oc1cncc(C(=O)c2cc(Cl)sc2Cl)c1. The minimum Gasteiger partial charge on any atom is -0.489 e. The van der Waals surface area contributed by atoms with Crippen LogP contribution in [0.5, 0.6) is 5.75 Å². The molecule has 2 aromatic heterocycles. The van der Waals surface area contributed by atoms with Crippen molar-refractivity contribution in [1.29, 1.82) is 0 Å². The van der Waals surface area contributed by atoms with E-state index >= 15 is 0 Å². The molecule has 0 amide bonds. The first kappa shape index (κ1) is 14.3. The van der Waals surface area contributed by atoms with Crippen LogP contribution >= 0.6 is 34.5 Å². The maximum absolute atomic E-state index is 12.3. The number of aromatic nitrogens is 1. The molecular weight excluding hydrogens is 305 g/mol. The second kappa shape index (κ2) is 5.90. The van der Waals surface area contributed by atoms with Gasteiger partial charge in [0.05, 0.1) is 22.2 Å². The van der Waals surface area contributed by atoms with E-state index in [1.807, 2.05) is 13.8 Å². The van der Waals surface area contributed by atoms with Crippen LogP contribution in [-0.2, 0) is 0 Å². The van der Waals surface area contributed by atoms with Gasteiger partial charge in [0.1, 0.15) is 10.1 Å². The summed E-state index contributed by atoms with van der Waals surface area (Å²) >= 11 is 13.0. The maximum atomic E-state index is 12.3. The first-order valence-electron chi connectivity index (χ1n) is 5.58. The fourth-order valence-corrected chi connectivity index (χ4v) is 2.99. The summed E-state index contributed by atoms with van der Waals surface area (Å²) in [5, 5.41) is 0. The smallest absolute Gasteiger partial charge is 0.197 e. The lowest BCUT2D eigenvalue weighted by molar-refractivity contribution is 0.103. The van der Waals surface area contributed by atoms with Gasteiger partial charge in [0.15, 0.2) is 5.78 Å². The van der Waals surface area contributed by atoms with Gasteiger partial charge < -0.3 is 4.74 Å². The van der Waals surface area contributed by atoms with E-state index in [0.717, 1.165) is 0 Å². The molecule has 0 saturated carbocycles. The fourth-order valence-electron chi connectivity index (χ4n) is 1.53. The first-order valence-corrected chi connectivity index (χ1v) is 7.16. The Bertz CT molecular complexity index is 610. The zero-order valence-corrected chi connectivity index (χ0v) is 12.6. The maximum Gasteiger partial charge on any atom is 0.197 e. The van der Waals surface area contributed by atoms with Gasteiger partial charge in [0, 0.05) is 11.8 Å². The van der Waals surface area contributed by atoms with Gasteiger partial charge in [-0.05, 0) is 26.0 Å². The highest BCUT2D eigenvalue weighted by Gasteiger charge is 2.17. The number of hydrogen-bond acceptors (Lipinski definition) is 4. The predicted octanol–water partition coefficient (Wildman–Crippen LogP) is 4.47. The highest BCUT2D eigenvalue weighted by molar-refractivity contribution is 7.20. The Morgan fingerprint density at radius 2 is 2.05 bits per heavy atom. The minimum atomic E-state index is -0.213. The molecule has 0 radical (unpaired) electrons. The summed E-state index contributed by atoms with van der Waals surface area (Å²) in [7, 11) is 0. The second-order valence-electron chi connectivity index (χ2n) is 4.14. The van der Waals surface area contributed by atoms with Gasteiger partial charge in [-0.3, -0.25) is 9.78 Å². The number of carbonyl (C=O) groups is 1. The number of ether oxygens (including phenoxy) is 1. The Labute approximate surface area is 125 Å². The van der Waals surface area contributed by atoms with E-state index in [-0.39, 0.29) is 11.9 Å². The molecule has 0 saturated heterocycles. The van der Waals surface area contributed by atoms with Crippen LogP contribution in [0, 0.1) is 0 Å². The Morgan fingerprint density at radius 3 is 2.63 bits per heavy atom. The van der Waals surface area contributed by atoms with E-state index < -0.39 is 0 Å². The standard InChI is InChI=1S/C13H11Cl2NO2S/c1-7(2)18-9-3-8(5-16-6-9)12(17)10-4-11(14)19-13(10)15/h3-7H,1-2H3. The van der Waals surface area contributed by atoms with Crippen LogP contribution in [0.4, 0.5) is 0 Å². The van der Waals surface area contributed by atoms with Crippen molar-refractivity contribution in [2.75, 3.05) is 0 Å². The molecule has 2 rings (SSSR count). The van der Waals surface area contributed by atoms with Gasteiger partial charge in [0.2, 0.25) is 0 Å². The predicted molar refractivity (Wildman–Crippen MR) is 77.8 cm³/mol. The van der Waals surface area contributed by atoms with E-state index in [1.54, 1.807) is 18.3 Å². The van der Waals surface area contributed by atoms with Crippen molar-refractivity contribution >= 4 is 40.3 Å². The average molecular weight is 316 g/mol. The van der Waals surface area contributed by atoms with Gasteiger partial charge in [-0.25, -0.2) is 0 Å². The summed E-state index contributed by atoms with van der Waals surface area (Å²) < 4.78 is 6.37. The number of hydrogen-bond donors (Lipinski definition) is 0. The number of ketones is 1. The molecule has 100 valence electrons. The number of pyridine rings is 1. The molecule has 3 nitrogen and oxygen atoms in total. The molecule has 0 bridgehead atoms. The van der Waals surface area contributed by atoms with E-state index in [4.69, 9.17) is 27.9 Å². The van der Waals surface area contributed by atoms with E-state index in [9.17, 15) is 4.79 Å². The van der Waals surface area contributed by atoms with Crippen LogP contribution in [-0.4, -0.2) is 16.9 Å². The van der Waals surface area contributed by atoms with Gasteiger partial charge >= 0.3 is 0 Å². The fraction of sp³-hybridized carbons (Fsp3) is 0.231. The third kappa shape index (κ3) is 3.47. The van der Waals surface area contributed by atoms with Crippen LogP contribution in [0.25, 0.3) is 0 Å². The molecule has 0 spiro atoms. The van der Waals surface area contributed by atoms with Gasteiger partial charge in [-0.2, -0.15) is 0 Å². The molecule has 2 heterocycles. The van der Waals surface area contributed by atoms with E-state index in [2.05, 4.69) is 4.98 Å². The molecule has 0 aliphatic heterocycles. The summed E-state index contributed by atoms with van der Waals surface area (Å²) in [5.41, 5.74) is 0.815.